The monoisotopic (exact) mass is 171 g/mol. The third-order valence-electron chi connectivity index (χ3n) is 2.61. The van der Waals surface area contributed by atoms with Gasteiger partial charge in [0.25, 0.3) is 0 Å². The predicted molar refractivity (Wildman–Crippen MR) is 53.2 cm³/mol. The lowest BCUT2D eigenvalue weighted by Gasteiger charge is -2.37. The van der Waals surface area contributed by atoms with Crippen molar-refractivity contribution in [1.82, 2.24) is 4.90 Å². The summed E-state index contributed by atoms with van der Waals surface area (Å²) in [6.45, 7) is 7.72. The second kappa shape index (κ2) is 4.63. The topological polar surface area (TPSA) is 23.5 Å². The number of aliphatic hydroxyl groups is 1. The average molecular weight is 171 g/mol. The standard InChI is InChI=1S/C10H21NO/c1-6-7-8-9(12)10(2,3)11(4)5/h6,9,12H,1,7-8H2,2-5H3. The normalized spacial score (nSPS) is 14.8. The fourth-order valence-electron chi connectivity index (χ4n) is 0.927. The van der Waals surface area contributed by atoms with Gasteiger partial charge in [0.05, 0.1) is 6.10 Å². The Balaban J connectivity index is 4.05. The Morgan fingerprint density at radius 1 is 1.50 bits per heavy atom. The number of nitrogens with zero attached hydrogens (tertiary/aromatic N) is 1. The zero-order chi connectivity index (χ0) is 9.78. The van der Waals surface area contributed by atoms with Crippen molar-refractivity contribution in [2.75, 3.05) is 14.1 Å². The third kappa shape index (κ3) is 2.95. The van der Waals surface area contributed by atoms with Crippen LogP contribution in [0.15, 0.2) is 12.7 Å². The molecule has 1 atom stereocenters. The Morgan fingerprint density at radius 3 is 2.33 bits per heavy atom. The van der Waals surface area contributed by atoms with Crippen LogP contribution in [0.3, 0.4) is 0 Å². The second-order valence-electron chi connectivity index (χ2n) is 3.93. The molecular weight excluding hydrogens is 150 g/mol. The smallest absolute Gasteiger partial charge is 0.0721 e. The molecule has 0 saturated carbocycles. The molecule has 0 fully saturated rings. The highest BCUT2D eigenvalue weighted by atomic mass is 16.3. The number of rotatable bonds is 5. The van der Waals surface area contributed by atoms with E-state index in [1.54, 1.807) is 0 Å². The van der Waals surface area contributed by atoms with Crippen LogP contribution in [0.4, 0.5) is 0 Å². The molecule has 0 aromatic carbocycles. The summed E-state index contributed by atoms with van der Waals surface area (Å²) >= 11 is 0. The van der Waals surface area contributed by atoms with Gasteiger partial charge in [0.2, 0.25) is 0 Å². The largest absolute Gasteiger partial charge is 0.391 e. The highest BCUT2D eigenvalue weighted by Crippen LogP contribution is 2.19. The Kier molecular flexibility index (Phi) is 4.50. The van der Waals surface area contributed by atoms with Crippen LogP contribution in [0, 0.1) is 0 Å². The number of aliphatic hydroxyl groups excluding tert-OH is 1. The van der Waals surface area contributed by atoms with Crippen LogP contribution in [-0.4, -0.2) is 35.7 Å². The average Bonchev–Trinajstić information content (AvgIpc) is 1.99. The van der Waals surface area contributed by atoms with Gasteiger partial charge in [-0.1, -0.05) is 6.08 Å². The van der Waals surface area contributed by atoms with Crippen molar-refractivity contribution in [3.63, 3.8) is 0 Å². The fraction of sp³-hybridized carbons (Fsp3) is 0.800. The first kappa shape index (κ1) is 11.7. The molecule has 0 rings (SSSR count). The van der Waals surface area contributed by atoms with E-state index < -0.39 is 0 Å². The molecule has 2 heteroatoms. The van der Waals surface area contributed by atoms with E-state index in [2.05, 4.69) is 6.58 Å². The lowest BCUT2D eigenvalue weighted by atomic mass is 9.92. The molecule has 1 unspecified atom stereocenters. The predicted octanol–water partition coefficient (Wildman–Crippen LogP) is 1.65. The molecule has 0 spiro atoms. The van der Waals surface area contributed by atoms with Gasteiger partial charge in [0.1, 0.15) is 0 Å². The van der Waals surface area contributed by atoms with Crippen molar-refractivity contribution in [3.05, 3.63) is 12.7 Å². The molecule has 0 saturated heterocycles. The molecule has 72 valence electrons. The minimum atomic E-state index is -0.287. The third-order valence-corrected chi connectivity index (χ3v) is 2.61. The van der Waals surface area contributed by atoms with Crippen molar-refractivity contribution >= 4 is 0 Å². The molecule has 1 N–H and O–H groups in total. The molecular formula is C10H21NO. The van der Waals surface area contributed by atoms with Crippen molar-refractivity contribution < 1.29 is 5.11 Å². The highest BCUT2D eigenvalue weighted by Gasteiger charge is 2.28. The molecule has 0 aliphatic heterocycles. The molecule has 12 heavy (non-hydrogen) atoms. The number of likely N-dealkylation sites (N-methyl/N-ethyl adjacent to an activating group) is 1. The molecule has 0 aromatic heterocycles. The maximum atomic E-state index is 9.79. The van der Waals surface area contributed by atoms with Crippen molar-refractivity contribution in [3.8, 4) is 0 Å². The summed E-state index contributed by atoms with van der Waals surface area (Å²) in [6, 6.07) is 0. The van der Waals surface area contributed by atoms with Crippen LogP contribution in [0.1, 0.15) is 26.7 Å². The molecule has 0 aliphatic rings. The Hall–Kier alpha value is -0.340. The zero-order valence-electron chi connectivity index (χ0n) is 8.67. The first-order valence-corrected chi connectivity index (χ1v) is 4.39. The van der Waals surface area contributed by atoms with E-state index in [4.69, 9.17) is 0 Å². The van der Waals surface area contributed by atoms with Crippen LogP contribution in [0.5, 0.6) is 0 Å². The van der Waals surface area contributed by atoms with Crippen molar-refractivity contribution in [2.24, 2.45) is 0 Å². The van der Waals surface area contributed by atoms with Crippen LogP contribution in [0.2, 0.25) is 0 Å². The van der Waals surface area contributed by atoms with Crippen molar-refractivity contribution in [2.45, 2.75) is 38.3 Å². The summed E-state index contributed by atoms with van der Waals surface area (Å²) in [7, 11) is 3.97. The Morgan fingerprint density at radius 2 is 2.00 bits per heavy atom. The fourth-order valence-corrected chi connectivity index (χ4v) is 0.927. The van der Waals surface area contributed by atoms with Gasteiger partial charge in [-0.25, -0.2) is 0 Å². The number of hydrogen-bond acceptors (Lipinski definition) is 2. The summed E-state index contributed by atoms with van der Waals surface area (Å²) in [4.78, 5) is 2.04. The minimum absolute atomic E-state index is 0.150. The molecule has 0 radical (unpaired) electrons. The minimum Gasteiger partial charge on any atom is -0.391 e. The van der Waals surface area contributed by atoms with Crippen molar-refractivity contribution in [1.29, 1.82) is 0 Å². The van der Waals surface area contributed by atoms with Gasteiger partial charge >= 0.3 is 0 Å². The molecule has 0 aliphatic carbocycles. The van der Waals surface area contributed by atoms with Crippen LogP contribution in [-0.2, 0) is 0 Å². The van der Waals surface area contributed by atoms with E-state index in [0.29, 0.717) is 0 Å². The molecule has 0 bridgehead atoms. The number of allylic oxidation sites excluding steroid dienone is 1. The van der Waals surface area contributed by atoms with E-state index in [1.807, 2.05) is 38.9 Å². The maximum absolute atomic E-state index is 9.79. The summed E-state index contributed by atoms with van der Waals surface area (Å²) in [5.74, 6) is 0. The first-order chi connectivity index (χ1) is 5.42. The Labute approximate surface area is 75.9 Å². The SMILES string of the molecule is C=CCCC(O)C(C)(C)N(C)C. The van der Waals surface area contributed by atoms with Gasteiger partial charge in [-0.2, -0.15) is 0 Å². The molecule has 2 nitrogen and oxygen atoms in total. The summed E-state index contributed by atoms with van der Waals surface area (Å²) in [6.07, 6.45) is 3.22. The van der Waals surface area contributed by atoms with Gasteiger partial charge in [-0.15, -0.1) is 6.58 Å². The number of hydrogen-bond donors (Lipinski definition) is 1. The quantitative estimate of drug-likeness (QED) is 0.636. The highest BCUT2D eigenvalue weighted by molar-refractivity contribution is 4.86. The Bertz CT molecular complexity index is 141. The van der Waals surface area contributed by atoms with E-state index in [9.17, 15) is 5.11 Å². The summed E-state index contributed by atoms with van der Waals surface area (Å²) in [5.41, 5.74) is -0.150. The lowest BCUT2D eigenvalue weighted by Crippen LogP contribution is -2.48. The van der Waals surface area contributed by atoms with E-state index in [-0.39, 0.29) is 11.6 Å². The van der Waals surface area contributed by atoms with Gasteiger partial charge in [0, 0.05) is 5.54 Å². The van der Waals surface area contributed by atoms with Gasteiger partial charge < -0.3 is 10.0 Å². The van der Waals surface area contributed by atoms with Gasteiger partial charge in [-0.3, -0.25) is 0 Å². The lowest BCUT2D eigenvalue weighted by molar-refractivity contribution is 0.0132. The van der Waals surface area contributed by atoms with E-state index >= 15 is 0 Å². The molecule has 0 heterocycles. The first-order valence-electron chi connectivity index (χ1n) is 4.39. The molecule has 0 aromatic rings. The molecule has 0 amide bonds. The van der Waals surface area contributed by atoms with Crippen LogP contribution >= 0.6 is 0 Å². The van der Waals surface area contributed by atoms with Crippen LogP contribution < -0.4 is 0 Å². The van der Waals surface area contributed by atoms with Gasteiger partial charge in [0.15, 0.2) is 0 Å². The summed E-state index contributed by atoms with van der Waals surface area (Å²) < 4.78 is 0. The van der Waals surface area contributed by atoms with Crippen LogP contribution in [0.25, 0.3) is 0 Å². The zero-order valence-corrected chi connectivity index (χ0v) is 8.67. The second-order valence-corrected chi connectivity index (χ2v) is 3.93. The van der Waals surface area contributed by atoms with E-state index in [0.717, 1.165) is 12.8 Å². The summed E-state index contributed by atoms with van der Waals surface area (Å²) in [5, 5.41) is 9.79. The maximum Gasteiger partial charge on any atom is 0.0721 e. The van der Waals surface area contributed by atoms with Gasteiger partial charge in [-0.05, 0) is 40.8 Å². The van der Waals surface area contributed by atoms with E-state index in [1.165, 1.54) is 0 Å².